The van der Waals surface area contributed by atoms with Gasteiger partial charge >= 0.3 is 17.9 Å². The van der Waals surface area contributed by atoms with Gasteiger partial charge in [-0.05, 0) is 37.3 Å². The summed E-state index contributed by atoms with van der Waals surface area (Å²) in [5.41, 5.74) is -0.995. The summed E-state index contributed by atoms with van der Waals surface area (Å²) in [6.45, 7) is 10.1. The van der Waals surface area contributed by atoms with Gasteiger partial charge in [0, 0.05) is 12.4 Å². The van der Waals surface area contributed by atoms with Crippen LogP contribution in [0.3, 0.4) is 0 Å². The smallest absolute Gasteiger partial charge is 0.356 e. The summed E-state index contributed by atoms with van der Waals surface area (Å²) in [7, 11) is 0. The summed E-state index contributed by atoms with van der Waals surface area (Å²) in [4.78, 5) is 35.2. The van der Waals surface area contributed by atoms with Gasteiger partial charge in [0.05, 0.1) is 12.0 Å². The number of carboxylic acid groups (broad SMARTS) is 2. The maximum Gasteiger partial charge on any atom is 0.356 e. The predicted octanol–water partition coefficient (Wildman–Crippen LogP) is 3.11. The van der Waals surface area contributed by atoms with Crippen LogP contribution in [-0.2, 0) is 16.1 Å². The highest BCUT2D eigenvalue weighted by molar-refractivity contribution is 5.85. The Morgan fingerprint density at radius 3 is 2.10 bits per heavy atom. The van der Waals surface area contributed by atoms with Gasteiger partial charge in [0.2, 0.25) is 0 Å². The van der Waals surface area contributed by atoms with Gasteiger partial charge in [-0.3, -0.25) is 14.2 Å². The molecule has 0 aliphatic heterocycles. The van der Waals surface area contributed by atoms with Crippen molar-refractivity contribution in [3.05, 3.63) is 35.9 Å². The van der Waals surface area contributed by atoms with Crippen LogP contribution in [0.25, 0.3) is 0 Å². The Kier molecular flexibility index (Phi) is 7.24. The Morgan fingerprint density at radius 1 is 1.03 bits per heavy atom. The quantitative estimate of drug-likeness (QED) is 0.544. The van der Waals surface area contributed by atoms with Crippen molar-refractivity contribution in [2.75, 3.05) is 6.61 Å². The first-order chi connectivity index (χ1) is 14.3. The summed E-state index contributed by atoms with van der Waals surface area (Å²) in [6, 6.07) is 2.13. The van der Waals surface area contributed by atoms with Crippen molar-refractivity contribution < 1.29 is 29.3 Å². The van der Waals surface area contributed by atoms with Gasteiger partial charge in [0.1, 0.15) is 12.6 Å². The Bertz CT molecular complexity index is 942. The summed E-state index contributed by atoms with van der Waals surface area (Å²) in [5.74, 6) is -2.67. The zero-order valence-corrected chi connectivity index (χ0v) is 18.5. The molecule has 2 aromatic heterocycles. The number of esters is 1. The lowest BCUT2D eigenvalue weighted by Crippen LogP contribution is -2.35. The Morgan fingerprint density at radius 2 is 1.61 bits per heavy atom. The van der Waals surface area contributed by atoms with E-state index >= 15 is 0 Å². The zero-order chi connectivity index (χ0) is 23.4. The van der Waals surface area contributed by atoms with Crippen LogP contribution in [0.1, 0.15) is 74.5 Å². The third-order valence-electron chi connectivity index (χ3n) is 5.06. The van der Waals surface area contributed by atoms with Crippen LogP contribution in [0.4, 0.5) is 0 Å². The highest BCUT2D eigenvalue weighted by Crippen LogP contribution is 2.37. The van der Waals surface area contributed by atoms with Crippen LogP contribution in [0, 0.1) is 10.8 Å². The fourth-order valence-electron chi connectivity index (χ4n) is 3.52. The molecule has 0 saturated heterocycles. The molecule has 0 spiro atoms. The number of rotatable bonds is 10. The summed E-state index contributed by atoms with van der Waals surface area (Å²) in [5, 5.41) is 26.2. The van der Waals surface area contributed by atoms with Crippen molar-refractivity contribution >= 4 is 17.9 Å². The standard InChI is InChI=1S/C21H30N4O6/c1-6-21(5,13-20(2,3)4)19(30)31-12-14(25-10-8-16(23-25)18(28)29)11-24-9-7-15(22-24)17(26)27/h7-10,14H,6,11-13H2,1-5H3,(H,26,27)(H,28,29). The maximum absolute atomic E-state index is 12.9. The first-order valence-corrected chi connectivity index (χ1v) is 10.1. The van der Waals surface area contributed by atoms with Crippen molar-refractivity contribution in [3.63, 3.8) is 0 Å². The minimum Gasteiger partial charge on any atom is -0.476 e. The number of hydrogen-bond donors (Lipinski definition) is 2. The number of ether oxygens (including phenoxy) is 1. The van der Waals surface area contributed by atoms with Crippen molar-refractivity contribution in [2.24, 2.45) is 10.8 Å². The van der Waals surface area contributed by atoms with Crippen molar-refractivity contribution in [1.82, 2.24) is 19.6 Å². The van der Waals surface area contributed by atoms with E-state index in [4.69, 9.17) is 14.9 Å². The average Bonchev–Trinajstić information content (AvgIpc) is 3.33. The monoisotopic (exact) mass is 434 g/mol. The Hall–Kier alpha value is -3.17. The molecule has 2 atom stereocenters. The minimum atomic E-state index is -1.18. The molecule has 2 N–H and O–H groups in total. The first kappa shape index (κ1) is 24.1. The molecule has 31 heavy (non-hydrogen) atoms. The highest BCUT2D eigenvalue weighted by atomic mass is 16.5. The van der Waals surface area contributed by atoms with Gasteiger partial charge in [0.15, 0.2) is 11.4 Å². The number of hydrogen-bond acceptors (Lipinski definition) is 6. The van der Waals surface area contributed by atoms with Crippen molar-refractivity contribution in [2.45, 2.75) is 60.0 Å². The molecule has 2 rings (SSSR count). The normalized spacial score (nSPS) is 14.6. The number of aromatic nitrogens is 4. The van der Waals surface area contributed by atoms with E-state index in [1.807, 2.05) is 13.8 Å². The van der Waals surface area contributed by atoms with Crippen molar-refractivity contribution in [1.29, 1.82) is 0 Å². The molecule has 0 bridgehead atoms. The van der Waals surface area contributed by atoms with E-state index < -0.39 is 23.4 Å². The third-order valence-corrected chi connectivity index (χ3v) is 5.06. The fourth-order valence-corrected chi connectivity index (χ4v) is 3.52. The van der Waals surface area contributed by atoms with Crippen LogP contribution < -0.4 is 0 Å². The van der Waals surface area contributed by atoms with E-state index in [0.29, 0.717) is 12.8 Å². The number of aromatic carboxylic acids is 2. The molecule has 0 amide bonds. The molecule has 0 aliphatic rings. The largest absolute Gasteiger partial charge is 0.476 e. The minimum absolute atomic E-state index is 0.0656. The molecule has 10 nitrogen and oxygen atoms in total. The van der Waals surface area contributed by atoms with Crippen LogP contribution in [0.15, 0.2) is 24.5 Å². The van der Waals surface area contributed by atoms with Crippen LogP contribution in [0.5, 0.6) is 0 Å². The first-order valence-electron chi connectivity index (χ1n) is 10.1. The maximum atomic E-state index is 12.9. The molecule has 2 heterocycles. The molecule has 2 unspecified atom stereocenters. The second kappa shape index (κ2) is 9.32. The molecule has 0 radical (unpaired) electrons. The van der Waals surface area contributed by atoms with Gasteiger partial charge in [-0.15, -0.1) is 0 Å². The van der Waals surface area contributed by atoms with E-state index in [1.54, 1.807) is 0 Å². The molecule has 2 aromatic rings. The summed E-state index contributed by atoms with van der Waals surface area (Å²) in [6.07, 6.45) is 4.24. The number of carbonyl (C=O) groups is 3. The van der Waals surface area contributed by atoms with Crippen LogP contribution in [0.2, 0.25) is 0 Å². The molecular formula is C21H30N4O6. The second-order valence-electron chi connectivity index (χ2n) is 9.12. The van der Waals surface area contributed by atoms with E-state index in [2.05, 4.69) is 31.0 Å². The van der Waals surface area contributed by atoms with Gasteiger partial charge in [0.25, 0.3) is 0 Å². The molecular weight excluding hydrogens is 404 g/mol. The van der Waals surface area contributed by atoms with Gasteiger partial charge in [-0.25, -0.2) is 9.59 Å². The highest BCUT2D eigenvalue weighted by Gasteiger charge is 2.37. The van der Waals surface area contributed by atoms with Crippen LogP contribution >= 0.6 is 0 Å². The number of carboxylic acids is 2. The van der Waals surface area contributed by atoms with E-state index in [0.717, 1.165) is 0 Å². The summed E-state index contributed by atoms with van der Waals surface area (Å²) >= 11 is 0. The topological polar surface area (TPSA) is 137 Å². The Balaban J connectivity index is 2.22. The lowest BCUT2D eigenvalue weighted by atomic mass is 9.73. The lowest BCUT2D eigenvalue weighted by molar-refractivity contribution is -0.158. The van der Waals surface area contributed by atoms with Crippen LogP contribution in [-0.4, -0.2) is 54.3 Å². The summed E-state index contributed by atoms with van der Waals surface area (Å²) < 4.78 is 8.45. The third kappa shape index (κ3) is 6.40. The number of carbonyl (C=O) groups excluding carboxylic acids is 1. The predicted molar refractivity (Wildman–Crippen MR) is 111 cm³/mol. The SMILES string of the molecule is CCC(C)(CC(C)(C)C)C(=O)OCC(Cn1ccc(C(=O)O)n1)n1ccc(C(=O)O)n1. The molecule has 10 heteroatoms. The number of nitrogens with zero attached hydrogens (tertiary/aromatic N) is 4. The molecule has 0 aliphatic carbocycles. The van der Waals surface area contributed by atoms with E-state index in [9.17, 15) is 14.4 Å². The van der Waals surface area contributed by atoms with Gasteiger partial charge in [-0.1, -0.05) is 27.7 Å². The zero-order valence-electron chi connectivity index (χ0n) is 18.5. The Labute approximate surface area is 180 Å². The molecule has 170 valence electrons. The second-order valence-corrected chi connectivity index (χ2v) is 9.12. The lowest BCUT2D eigenvalue weighted by Gasteiger charge is -2.33. The van der Waals surface area contributed by atoms with E-state index in [-0.39, 0.29) is 35.9 Å². The fraction of sp³-hybridized carbons (Fsp3) is 0.571. The average molecular weight is 434 g/mol. The van der Waals surface area contributed by atoms with Gasteiger partial charge in [-0.2, -0.15) is 10.2 Å². The molecule has 0 saturated carbocycles. The molecule has 0 fully saturated rings. The van der Waals surface area contributed by atoms with Gasteiger partial charge < -0.3 is 14.9 Å². The van der Waals surface area contributed by atoms with Crippen molar-refractivity contribution in [3.8, 4) is 0 Å². The van der Waals surface area contributed by atoms with E-state index in [1.165, 1.54) is 33.9 Å². The molecule has 0 aromatic carbocycles.